The Kier molecular flexibility index (Phi) is 7.12. The number of hydrogen-bond donors (Lipinski definition) is 4. The van der Waals surface area contributed by atoms with Gasteiger partial charge in [0.2, 0.25) is 15.9 Å². The van der Waals surface area contributed by atoms with E-state index in [1.165, 1.54) is 23.1 Å². The number of aromatic nitrogens is 2. The third-order valence-electron chi connectivity index (χ3n) is 6.43. The molecule has 0 bridgehead atoms. The van der Waals surface area contributed by atoms with Crippen molar-refractivity contribution in [1.82, 2.24) is 15.3 Å². The van der Waals surface area contributed by atoms with Gasteiger partial charge in [0.1, 0.15) is 0 Å². The van der Waals surface area contributed by atoms with Crippen LogP contribution in [0, 0.1) is 5.92 Å². The highest BCUT2D eigenvalue weighted by Crippen LogP contribution is 2.35. The molecule has 1 aliphatic rings. The van der Waals surface area contributed by atoms with Crippen LogP contribution in [0.2, 0.25) is 0 Å². The van der Waals surface area contributed by atoms with Gasteiger partial charge < -0.3 is 15.6 Å². The minimum Gasteiger partial charge on any atom is -0.361 e. The Morgan fingerprint density at radius 2 is 1.71 bits per heavy atom. The molecule has 1 fully saturated rings. The number of sulfonamides is 1. The Bertz CT molecular complexity index is 1580. The second kappa shape index (κ2) is 10.6. The number of benzene rings is 2. The molecule has 196 valence electrons. The summed E-state index contributed by atoms with van der Waals surface area (Å²) < 4.78 is 26.4. The Labute approximate surface area is 220 Å². The summed E-state index contributed by atoms with van der Waals surface area (Å²) in [6.45, 7) is 1.43. The van der Waals surface area contributed by atoms with Crippen LogP contribution in [-0.2, 0) is 14.8 Å². The summed E-state index contributed by atoms with van der Waals surface area (Å²) >= 11 is 0. The lowest BCUT2D eigenvalue weighted by Crippen LogP contribution is -2.39. The fraction of sp³-hybridized carbons (Fsp3) is 0.222. The maximum absolute atomic E-state index is 13.9. The van der Waals surface area contributed by atoms with Crippen molar-refractivity contribution in [3.05, 3.63) is 78.8 Å². The molecule has 4 aromatic rings. The summed E-state index contributed by atoms with van der Waals surface area (Å²) in [6.07, 6.45) is 7.31. The van der Waals surface area contributed by atoms with Crippen molar-refractivity contribution in [2.45, 2.75) is 12.8 Å². The van der Waals surface area contributed by atoms with Gasteiger partial charge >= 0.3 is 0 Å². The second-order valence-corrected chi connectivity index (χ2v) is 11.0. The molecule has 2 aromatic carbocycles. The van der Waals surface area contributed by atoms with E-state index in [-0.39, 0.29) is 28.8 Å². The van der Waals surface area contributed by atoms with Crippen LogP contribution >= 0.6 is 0 Å². The van der Waals surface area contributed by atoms with E-state index in [2.05, 4.69) is 25.3 Å². The molecule has 0 unspecified atom stereocenters. The average Bonchev–Trinajstić information content (AvgIpc) is 3.37. The number of anilines is 4. The normalized spacial score (nSPS) is 14.2. The molecule has 0 radical (unpaired) electrons. The lowest BCUT2D eigenvalue weighted by molar-refractivity contribution is -0.122. The summed E-state index contributed by atoms with van der Waals surface area (Å²) in [5.41, 5.74) is 2.71. The highest BCUT2D eigenvalue weighted by atomic mass is 32.2. The Morgan fingerprint density at radius 3 is 2.45 bits per heavy atom. The molecule has 38 heavy (non-hydrogen) atoms. The van der Waals surface area contributed by atoms with Gasteiger partial charge in [0, 0.05) is 35.7 Å². The van der Waals surface area contributed by atoms with Gasteiger partial charge in [0.15, 0.2) is 0 Å². The number of fused-ring (bicyclic) bond motifs is 1. The zero-order chi connectivity index (χ0) is 26.7. The summed E-state index contributed by atoms with van der Waals surface area (Å²) in [4.78, 5) is 36.3. The number of aromatic amines is 1. The summed E-state index contributed by atoms with van der Waals surface area (Å²) in [5, 5.41) is 7.19. The molecule has 0 atom stereocenters. The van der Waals surface area contributed by atoms with E-state index in [4.69, 9.17) is 0 Å². The van der Waals surface area contributed by atoms with E-state index in [9.17, 15) is 18.0 Å². The van der Waals surface area contributed by atoms with E-state index < -0.39 is 15.9 Å². The van der Waals surface area contributed by atoms with Crippen molar-refractivity contribution in [3.63, 3.8) is 0 Å². The van der Waals surface area contributed by atoms with Crippen LogP contribution in [0.15, 0.2) is 73.2 Å². The highest BCUT2D eigenvalue weighted by Gasteiger charge is 2.31. The summed E-state index contributed by atoms with van der Waals surface area (Å²) in [5.74, 6) is -0.868. The first-order chi connectivity index (χ1) is 18.3. The Morgan fingerprint density at radius 1 is 0.974 bits per heavy atom. The van der Waals surface area contributed by atoms with E-state index in [0.29, 0.717) is 37.3 Å². The molecule has 4 N–H and O–H groups in total. The zero-order valence-electron chi connectivity index (χ0n) is 20.8. The Balaban J connectivity index is 1.59. The van der Waals surface area contributed by atoms with Crippen molar-refractivity contribution in [2.24, 2.45) is 5.92 Å². The van der Waals surface area contributed by atoms with E-state index >= 15 is 0 Å². The number of rotatable bonds is 7. The first kappa shape index (κ1) is 25.4. The minimum absolute atomic E-state index is 0.170. The lowest BCUT2D eigenvalue weighted by Gasteiger charge is -2.31. The molecule has 3 heterocycles. The molecule has 0 spiro atoms. The van der Waals surface area contributed by atoms with Crippen LogP contribution in [0.25, 0.3) is 10.9 Å². The van der Waals surface area contributed by atoms with E-state index in [0.717, 1.165) is 17.2 Å². The number of H-pyrrole nitrogens is 1. The van der Waals surface area contributed by atoms with Crippen LogP contribution in [0.5, 0.6) is 0 Å². The third kappa shape index (κ3) is 5.68. The van der Waals surface area contributed by atoms with Gasteiger partial charge in [-0.1, -0.05) is 6.07 Å². The second-order valence-electron chi connectivity index (χ2n) is 9.24. The van der Waals surface area contributed by atoms with Crippen LogP contribution in [0.3, 0.4) is 0 Å². The van der Waals surface area contributed by atoms with Gasteiger partial charge in [-0.3, -0.25) is 24.2 Å². The topological polar surface area (TPSA) is 136 Å². The third-order valence-corrected chi connectivity index (χ3v) is 7.04. The number of pyridine rings is 1. The van der Waals surface area contributed by atoms with Gasteiger partial charge in [-0.15, -0.1) is 0 Å². The predicted octanol–water partition coefficient (Wildman–Crippen LogP) is 3.85. The molecular formula is C27H28N6O4S. The molecule has 0 aliphatic carbocycles. The van der Waals surface area contributed by atoms with Crippen molar-refractivity contribution >= 4 is 55.5 Å². The summed E-state index contributed by atoms with van der Waals surface area (Å²) in [7, 11) is -3.60. The zero-order valence-corrected chi connectivity index (χ0v) is 21.6. The largest absolute Gasteiger partial charge is 0.361 e. The standard InChI is InChI=1S/C27H28N6O4S/c1-38(36,37)32-21-4-5-23(26(34)31-20-3-2-18-8-15-30-24(18)16-20)25(17-21)33(22-9-13-29-14-10-22)27(35)19-6-11-28-12-7-19/h2-5,8-10,13-17,19,28,30,32H,6-7,11-12H2,1H3,(H,31,34). The van der Waals surface area contributed by atoms with Gasteiger partial charge in [0.25, 0.3) is 5.91 Å². The molecule has 2 aromatic heterocycles. The molecule has 1 saturated heterocycles. The smallest absolute Gasteiger partial charge is 0.257 e. The monoisotopic (exact) mass is 532 g/mol. The maximum atomic E-state index is 13.9. The Hall–Kier alpha value is -4.22. The van der Waals surface area contributed by atoms with Crippen LogP contribution in [0.1, 0.15) is 23.2 Å². The van der Waals surface area contributed by atoms with Gasteiger partial charge in [0.05, 0.1) is 28.9 Å². The fourth-order valence-corrected chi connectivity index (χ4v) is 5.19. The fourth-order valence-electron chi connectivity index (χ4n) is 4.64. The van der Waals surface area contributed by atoms with Gasteiger partial charge in [-0.05, 0) is 79.8 Å². The maximum Gasteiger partial charge on any atom is 0.257 e. The van der Waals surface area contributed by atoms with Crippen LogP contribution in [-0.4, -0.2) is 49.5 Å². The number of nitrogens with zero attached hydrogens (tertiary/aromatic N) is 2. The molecule has 0 saturated carbocycles. The number of amides is 2. The molecule has 1 aliphatic heterocycles. The van der Waals surface area contributed by atoms with Crippen molar-refractivity contribution in [2.75, 3.05) is 34.3 Å². The first-order valence-corrected chi connectivity index (χ1v) is 14.1. The summed E-state index contributed by atoms with van der Waals surface area (Å²) in [6, 6.07) is 15.4. The molecular weight excluding hydrogens is 504 g/mol. The lowest BCUT2D eigenvalue weighted by atomic mass is 9.95. The highest BCUT2D eigenvalue weighted by molar-refractivity contribution is 7.92. The van der Waals surface area contributed by atoms with Crippen LogP contribution in [0.4, 0.5) is 22.7 Å². The van der Waals surface area contributed by atoms with Gasteiger partial charge in [-0.2, -0.15) is 0 Å². The molecule has 10 nitrogen and oxygen atoms in total. The number of carbonyl (C=O) groups is 2. The van der Waals surface area contributed by atoms with Crippen molar-refractivity contribution in [3.8, 4) is 0 Å². The minimum atomic E-state index is -3.60. The molecule has 5 rings (SSSR count). The number of carbonyl (C=O) groups excluding carboxylic acids is 2. The van der Waals surface area contributed by atoms with Crippen LogP contribution < -0.4 is 20.3 Å². The van der Waals surface area contributed by atoms with E-state index in [1.54, 1.807) is 30.6 Å². The van der Waals surface area contributed by atoms with Gasteiger partial charge in [-0.25, -0.2) is 8.42 Å². The SMILES string of the molecule is CS(=O)(=O)Nc1ccc(C(=O)Nc2ccc3cc[nH]c3c2)c(N(C(=O)C2CCNCC2)c2ccncc2)c1. The van der Waals surface area contributed by atoms with E-state index in [1.807, 2.05) is 24.4 Å². The number of hydrogen-bond acceptors (Lipinski definition) is 6. The average molecular weight is 533 g/mol. The first-order valence-electron chi connectivity index (χ1n) is 12.2. The van der Waals surface area contributed by atoms with Crippen molar-refractivity contribution < 1.29 is 18.0 Å². The predicted molar refractivity (Wildman–Crippen MR) is 148 cm³/mol. The molecule has 2 amide bonds. The number of piperidine rings is 1. The van der Waals surface area contributed by atoms with Crippen molar-refractivity contribution in [1.29, 1.82) is 0 Å². The molecule has 11 heteroatoms. The number of nitrogens with one attached hydrogen (secondary N) is 4. The quantitative estimate of drug-likeness (QED) is 0.285.